The molecule has 1 saturated heterocycles. The molecule has 1 N–H and O–H groups in total. The van der Waals surface area contributed by atoms with Gasteiger partial charge in [-0.15, -0.1) is 0 Å². The van der Waals surface area contributed by atoms with Crippen LogP contribution in [0.2, 0.25) is 0 Å². The van der Waals surface area contributed by atoms with E-state index in [2.05, 4.69) is 17.1 Å². The van der Waals surface area contributed by atoms with Crippen LogP contribution in [0.25, 0.3) is 0 Å². The lowest BCUT2D eigenvalue weighted by Gasteiger charge is -2.31. The van der Waals surface area contributed by atoms with Crippen LogP contribution in [0.5, 0.6) is 0 Å². The normalized spacial score (nSPS) is 22.7. The molecule has 15 heavy (non-hydrogen) atoms. The van der Waals surface area contributed by atoms with Crippen LogP contribution in [0.4, 0.5) is 0 Å². The zero-order valence-corrected chi connectivity index (χ0v) is 9.79. The first kappa shape index (κ1) is 12.5. The predicted octanol–water partition coefficient (Wildman–Crippen LogP) is 0.828. The number of nitrogens with zero attached hydrogens (tertiary/aromatic N) is 1. The van der Waals surface area contributed by atoms with E-state index in [0.29, 0.717) is 6.73 Å². The number of carbonyl (C=O) groups excluding carboxylic acids is 1. The van der Waals surface area contributed by atoms with Crippen LogP contribution in [0.1, 0.15) is 26.2 Å². The molecule has 1 fully saturated rings. The van der Waals surface area contributed by atoms with Crippen molar-refractivity contribution in [3.05, 3.63) is 0 Å². The molecular weight excluding hydrogens is 192 g/mol. The minimum absolute atomic E-state index is 0.137. The molecule has 1 unspecified atom stereocenters. The van der Waals surface area contributed by atoms with Crippen molar-refractivity contribution in [2.24, 2.45) is 5.92 Å². The van der Waals surface area contributed by atoms with Crippen molar-refractivity contribution in [2.45, 2.75) is 26.2 Å². The van der Waals surface area contributed by atoms with Crippen molar-refractivity contribution in [3.63, 3.8) is 0 Å². The molecule has 0 bridgehead atoms. The Bertz CT molecular complexity index is 195. The molecule has 4 heteroatoms. The Morgan fingerprint density at radius 1 is 1.60 bits per heavy atom. The molecule has 1 heterocycles. The van der Waals surface area contributed by atoms with Crippen molar-refractivity contribution in [2.75, 3.05) is 33.5 Å². The zero-order chi connectivity index (χ0) is 11.1. The minimum atomic E-state index is 0.137. The van der Waals surface area contributed by atoms with Gasteiger partial charge < -0.3 is 15.0 Å². The van der Waals surface area contributed by atoms with E-state index in [1.165, 1.54) is 0 Å². The highest BCUT2D eigenvalue weighted by Gasteiger charge is 2.24. The van der Waals surface area contributed by atoms with Gasteiger partial charge in [0.25, 0.3) is 0 Å². The van der Waals surface area contributed by atoms with Gasteiger partial charge in [-0.05, 0) is 32.4 Å². The Morgan fingerprint density at radius 3 is 3.07 bits per heavy atom. The van der Waals surface area contributed by atoms with Crippen molar-refractivity contribution in [3.8, 4) is 0 Å². The van der Waals surface area contributed by atoms with Gasteiger partial charge in [0, 0.05) is 13.7 Å². The van der Waals surface area contributed by atoms with Gasteiger partial charge in [0.2, 0.25) is 5.91 Å². The van der Waals surface area contributed by atoms with Gasteiger partial charge in [-0.1, -0.05) is 6.92 Å². The summed E-state index contributed by atoms with van der Waals surface area (Å²) in [4.78, 5) is 14.1. The van der Waals surface area contributed by atoms with Crippen molar-refractivity contribution < 1.29 is 9.53 Å². The molecule has 1 atom stereocenters. The number of hydrogen-bond acceptors (Lipinski definition) is 3. The molecule has 1 aliphatic rings. The van der Waals surface area contributed by atoms with Crippen LogP contribution in [0, 0.1) is 5.92 Å². The maximum absolute atomic E-state index is 11.7. The molecule has 88 valence electrons. The highest BCUT2D eigenvalue weighted by atomic mass is 16.5. The van der Waals surface area contributed by atoms with E-state index in [4.69, 9.17) is 4.74 Å². The molecule has 1 aliphatic heterocycles. The van der Waals surface area contributed by atoms with E-state index >= 15 is 0 Å². The molecule has 0 aromatic carbocycles. The fourth-order valence-corrected chi connectivity index (χ4v) is 2.08. The van der Waals surface area contributed by atoms with E-state index < -0.39 is 0 Å². The second-order valence-electron chi connectivity index (χ2n) is 4.11. The van der Waals surface area contributed by atoms with Gasteiger partial charge in [0.1, 0.15) is 6.73 Å². The number of ether oxygens (including phenoxy) is 1. The first-order valence-electron chi connectivity index (χ1n) is 5.77. The fourth-order valence-electron chi connectivity index (χ4n) is 2.08. The molecule has 1 amide bonds. The topological polar surface area (TPSA) is 41.6 Å². The maximum atomic E-state index is 11.7. The second kappa shape index (κ2) is 6.80. The quantitative estimate of drug-likeness (QED) is 0.689. The van der Waals surface area contributed by atoms with E-state index in [1.54, 1.807) is 7.11 Å². The lowest BCUT2D eigenvalue weighted by Crippen LogP contribution is -2.43. The van der Waals surface area contributed by atoms with Crippen molar-refractivity contribution in [1.82, 2.24) is 10.2 Å². The largest absolute Gasteiger partial charge is 0.364 e. The van der Waals surface area contributed by atoms with Gasteiger partial charge in [-0.3, -0.25) is 4.79 Å². The molecule has 0 aliphatic carbocycles. The summed E-state index contributed by atoms with van der Waals surface area (Å²) in [5.41, 5.74) is 0. The fraction of sp³-hybridized carbons (Fsp3) is 0.909. The van der Waals surface area contributed by atoms with Gasteiger partial charge in [0.05, 0.1) is 5.92 Å². The standard InChI is InChI=1S/C11H22N2O2/c1-3-6-13-7-4-5-10(8-13)11(14)12-9-15-2/h10H,3-9H2,1-2H3,(H,12,14). The smallest absolute Gasteiger partial charge is 0.226 e. The number of hydrogen-bond donors (Lipinski definition) is 1. The molecule has 0 radical (unpaired) electrons. The first-order valence-corrected chi connectivity index (χ1v) is 5.77. The van der Waals surface area contributed by atoms with Crippen LogP contribution < -0.4 is 5.32 Å². The summed E-state index contributed by atoms with van der Waals surface area (Å²) in [6.45, 7) is 5.65. The van der Waals surface area contributed by atoms with Crippen LogP contribution in [-0.4, -0.2) is 44.3 Å². The molecule has 4 nitrogen and oxygen atoms in total. The zero-order valence-electron chi connectivity index (χ0n) is 9.79. The predicted molar refractivity (Wildman–Crippen MR) is 59.5 cm³/mol. The highest BCUT2D eigenvalue weighted by Crippen LogP contribution is 2.16. The average Bonchev–Trinajstić information content (AvgIpc) is 2.27. The Hall–Kier alpha value is -0.610. The van der Waals surface area contributed by atoms with Crippen LogP contribution in [-0.2, 0) is 9.53 Å². The number of piperidine rings is 1. The minimum Gasteiger partial charge on any atom is -0.364 e. The molecule has 0 aromatic heterocycles. The van der Waals surface area contributed by atoms with Crippen LogP contribution in [0.15, 0.2) is 0 Å². The second-order valence-corrected chi connectivity index (χ2v) is 4.11. The molecule has 0 spiro atoms. The maximum Gasteiger partial charge on any atom is 0.226 e. The molecule has 1 rings (SSSR count). The summed E-state index contributed by atoms with van der Waals surface area (Å²) in [5.74, 6) is 0.290. The molecule has 0 saturated carbocycles. The number of nitrogens with one attached hydrogen (secondary N) is 1. The van der Waals surface area contributed by atoms with Crippen molar-refractivity contribution >= 4 is 5.91 Å². The summed E-state index contributed by atoms with van der Waals surface area (Å²) in [7, 11) is 1.59. The summed E-state index contributed by atoms with van der Waals surface area (Å²) in [6, 6.07) is 0. The number of carbonyl (C=O) groups is 1. The monoisotopic (exact) mass is 214 g/mol. The van der Waals surface area contributed by atoms with Crippen LogP contribution in [0.3, 0.4) is 0 Å². The van der Waals surface area contributed by atoms with E-state index in [-0.39, 0.29) is 11.8 Å². The highest BCUT2D eigenvalue weighted by molar-refractivity contribution is 5.78. The lowest BCUT2D eigenvalue weighted by molar-refractivity contribution is -0.128. The van der Waals surface area contributed by atoms with Gasteiger partial charge >= 0.3 is 0 Å². The van der Waals surface area contributed by atoms with Gasteiger partial charge in [-0.2, -0.15) is 0 Å². The lowest BCUT2D eigenvalue weighted by atomic mass is 9.97. The third-order valence-electron chi connectivity index (χ3n) is 2.81. The first-order chi connectivity index (χ1) is 7.27. The van der Waals surface area contributed by atoms with Crippen LogP contribution >= 0.6 is 0 Å². The Balaban J connectivity index is 2.31. The number of amides is 1. The Labute approximate surface area is 92.0 Å². The van der Waals surface area contributed by atoms with Crippen molar-refractivity contribution in [1.29, 1.82) is 0 Å². The summed E-state index contributed by atoms with van der Waals surface area (Å²) >= 11 is 0. The van der Waals surface area contributed by atoms with Gasteiger partial charge in [0.15, 0.2) is 0 Å². The van der Waals surface area contributed by atoms with E-state index in [1.807, 2.05) is 0 Å². The summed E-state index contributed by atoms with van der Waals surface area (Å²) in [6.07, 6.45) is 3.30. The average molecular weight is 214 g/mol. The summed E-state index contributed by atoms with van der Waals surface area (Å²) in [5, 5.41) is 2.78. The molecular formula is C11H22N2O2. The Morgan fingerprint density at radius 2 is 2.40 bits per heavy atom. The third-order valence-corrected chi connectivity index (χ3v) is 2.81. The van der Waals surface area contributed by atoms with E-state index in [9.17, 15) is 4.79 Å². The van der Waals surface area contributed by atoms with Gasteiger partial charge in [-0.25, -0.2) is 0 Å². The SMILES string of the molecule is CCCN1CCCC(C(=O)NCOC)C1. The number of likely N-dealkylation sites (tertiary alicyclic amines) is 1. The molecule has 0 aromatic rings. The Kier molecular flexibility index (Phi) is 5.65. The summed E-state index contributed by atoms with van der Waals surface area (Å²) < 4.78 is 4.83. The third kappa shape index (κ3) is 4.18. The number of methoxy groups -OCH3 is 1. The van der Waals surface area contributed by atoms with E-state index in [0.717, 1.165) is 38.9 Å². The number of rotatable bonds is 5.